The van der Waals surface area contributed by atoms with E-state index in [2.05, 4.69) is 15.8 Å². The van der Waals surface area contributed by atoms with Gasteiger partial charge in [0, 0.05) is 22.9 Å². The fourth-order valence-electron chi connectivity index (χ4n) is 2.35. The maximum Gasteiger partial charge on any atom is 0.259 e. The van der Waals surface area contributed by atoms with Crippen molar-refractivity contribution in [1.82, 2.24) is 5.43 Å². The van der Waals surface area contributed by atoms with E-state index >= 15 is 0 Å². The highest BCUT2D eigenvalue weighted by atomic mass is 16.5. The number of nitrogens with zero attached hydrogens (tertiary/aromatic N) is 1. The summed E-state index contributed by atoms with van der Waals surface area (Å²) in [4.78, 5) is 11.8. The van der Waals surface area contributed by atoms with Crippen LogP contribution in [0.25, 0.3) is 6.08 Å². The summed E-state index contributed by atoms with van der Waals surface area (Å²) < 4.78 is 10.8. The molecule has 0 fully saturated rings. The maximum atomic E-state index is 11.8. The summed E-state index contributed by atoms with van der Waals surface area (Å²) in [6.45, 7) is 0.543. The van der Waals surface area contributed by atoms with E-state index in [1.807, 2.05) is 54.6 Å². The van der Waals surface area contributed by atoms with Gasteiger partial charge in [0.05, 0.1) is 19.9 Å². The fourth-order valence-corrected chi connectivity index (χ4v) is 2.35. The van der Waals surface area contributed by atoms with Crippen LogP contribution < -0.4 is 20.2 Å². The molecule has 0 aromatic heterocycles. The van der Waals surface area contributed by atoms with Crippen LogP contribution >= 0.6 is 0 Å². The molecule has 1 aliphatic rings. The molecule has 0 bridgehead atoms. The van der Waals surface area contributed by atoms with Gasteiger partial charge in [0.2, 0.25) is 0 Å². The fraction of sp³-hybridized carbons (Fsp3) is 0.158. The minimum atomic E-state index is -0.239. The van der Waals surface area contributed by atoms with E-state index in [-0.39, 0.29) is 12.5 Å². The number of anilines is 1. The minimum absolute atomic E-state index is 0.114. The Morgan fingerprint density at radius 1 is 1.28 bits per heavy atom. The summed E-state index contributed by atoms with van der Waals surface area (Å²) in [6, 6.07) is 15.1. The molecule has 0 radical (unpaired) electrons. The van der Waals surface area contributed by atoms with Crippen LogP contribution in [-0.2, 0) is 4.79 Å². The monoisotopic (exact) mass is 337 g/mol. The Bertz CT molecular complexity index is 815. The molecule has 3 rings (SSSR count). The Morgan fingerprint density at radius 3 is 3.04 bits per heavy atom. The number of carbonyl (C=O) groups is 1. The molecular formula is C19H19N3O3. The second-order valence-electron chi connectivity index (χ2n) is 5.42. The number of nitrogens with one attached hydrogen (secondary N) is 2. The maximum absolute atomic E-state index is 11.8. The summed E-state index contributed by atoms with van der Waals surface area (Å²) in [7, 11) is 1.60. The van der Waals surface area contributed by atoms with Gasteiger partial charge in [-0.25, -0.2) is 5.43 Å². The predicted molar refractivity (Wildman–Crippen MR) is 98.0 cm³/mol. The summed E-state index contributed by atoms with van der Waals surface area (Å²) in [6.07, 6.45) is 3.59. The van der Waals surface area contributed by atoms with Crippen LogP contribution in [0.1, 0.15) is 5.56 Å². The van der Waals surface area contributed by atoms with Crippen molar-refractivity contribution >= 4 is 23.9 Å². The van der Waals surface area contributed by atoms with Gasteiger partial charge in [-0.15, -0.1) is 0 Å². The van der Waals surface area contributed by atoms with E-state index in [1.54, 1.807) is 13.3 Å². The zero-order chi connectivity index (χ0) is 17.5. The van der Waals surface area contributed by atoms with Crippen LogP contribution in [0.4, 0.5) is 5.69 Å². The van der Waals surface area contributed by atoms with Crippen molar-refractivity contribution in [3.8, 4) is 11.5 Å². The lowest BCUT2D eigenvalue weighted by molar-refractivity contribution is -0.119. The molecule has 1 aliphatic heterocycles. The number of methoxy groups -OCH3 is 1. The Kier molecular flexibility index (Phi) is 5.31. The Morgan fingerprint density at radius 2 is 2.16 bits per heavy atom. The van der Waals surface area contributed by atoms with Crippen molar-refractivity contribution in [2.75, 3.05) is 25.6 Å². The lowest BCUT2D eigenvalue weighted by Gasteiger charge is -2.15. The van der Waals surface area contributed by atoms with E-state index in [0.29, 0.717) is 6.61 Å². The van der Waals surface area contributed by atoms with Gasteiger partial charge < -0.3 is 14.8 Å². The van der Waals surface area contributed by atoms with Crippen LogP contribution in [-0.4, -0.2) is 32.4 Å². The molecule has 2 aromatic carbocycles. The van der Waals surface area contributed by atoms with Crippen LogP contribution in [0, 0.1) is 0 Å². The molecule has 2 aromatic rings. The van der Waals surface area contributed by atoms with Crippen molar-refractivity contribution in [3.63, 3.8) is 0 Å². The number of ether oxygens (including phenoxy) is 2. The van der Waals surface area contributed by atoms with E-state index in [9.17, 15) is 4.79 Å². The van der Waals surface area contributed by atoms with Crippen molar-refractivity contribution in [2.45, 2.75) is 0 Å². The highest BCUT2D eigenvalue weighted by Crippen LogP contribution is 2.24. The quantitative estimate of drug-likeness (QED) is 0.628. The van der Waals surface area contributed by atoms with Gasteiger partial charge in [-0.1, -0.05) is 24.3 Å². The van der Waals surface area contributed by atoms with Crippen LogP contribution in [0.15, 0.2) is 59.2 Å². The summed E-state index contributed by atoms with van der Waals surface area (Å²) >= 11 is 0. The first-order valence-electron chi connectivity index (χ1n) is 7.87. The molecule has 1 heterocycles. The molecule has 0 saturated carbocycles. The molecular weight excluding hydrogens is 318 g/mol. The van der Waals surface area contributed by atoms with Crippen LogP contribution in [0.2, 0.25) is 0 Å². The molecule has 0 unspecified atom stereocenters. The molecule has 128 valence electrons. The molecule has 6 nitrogen and oxygen atoms in total. The largest absolute Gasteiger partial charge is 0.497 e. The first kappa shape index (κ1) is 16.6. The highest BCUT2D eigenvalue weighted by molar-refractivity contribution is 5.89. The van der Waals surface area contributed by atoms with Gasteiger partial charge in [0.25, 0.3) is 5.91 Å². The van der Waals surface area contributed by atoms with E-state index < -0.39 is 0 Å². The number of amides is 1. The number of hydrogen-bond acceptors (Lipinski definition) is 5. The lowest BCUT2D eigenvalue weighted by atomic mass is 10.1. The third kappa shape index (κ3) is 4.60. The van der Waals surface area contributed by atoms with E-state index in [0.717, 1.165) is 28.3 Å². The number of fused-ring (bicyclic) bond motifs is 1. The van der Waals surface area contributed by atoms with Crippen molar-refractivity contribution in [1.29, 1.82) is 0 Å². The molecule has 0 atom stereocenters. The average molecular weight is 337 g/mol. The Hall–Kier alpha value is -3.28. The second kappa shape index (κ2) is 8.01. The number of carbonyl (C=O) groups excluding carboxylic acids is 1. The van der Waals surface area contributed by atoms with Crippen molar-refractivity contribution < 1.29 is 14.3 Å². The molecule has 0 spiro atoms. The minimum Gasteiger partial charge on any atom is -0.497 e. The van der Waals surface area contributed by atoms with Crippen LogP contribution in [0.5, 0.6) is 11.5 Å². The number of hydrazone groups is 1. The summed E-state index contributed by atoms with van der Waals surface area (Å²) in [5.41, 5.74) is 5.19. The zero-order valence-corrected chi connectivity index (χ0v) is 13.9. The molecule has 6 heteroatoms. The molecule has 0 aliphatic carbocycles. The topological polar surface area (TPSA) is 72.0 Å². The van der Waals surface area contributed by atoms with Gasteiger partial charge in [0.1, 0.15) is 18.1 Å². The standard InChI is InChI=1S/C19H19N3O3/c1-24-17-7-4-6-16(10-17)20-12-19(23)22-21-11-14-9-15-5-2-3-8-18(15)25-13-14/h2-11,20H,12-13H2,1H3,(H,22,23). The normalized spacial score (nSPS) is 12.8. The lowest BCUT2D eigenvalue weighted by Crippen LogP contribution is -2.26. The van der Waals surface area contributed by atoms with E-state index in [1.165, 1.54) is 0 Å². The molecule has 2 N–H and O–H groups in total. The Labute approximate surface area is 146 Å². The third-order valence-corrected chi connectivity index (χ3v) is 3.60. The van der Waals surface area contributed by atoms with Gasteiger partial charge in [-0.05, 0) is 24.3 Å². The zero-order valence-electron chi connectivity index (χ0n) is 13.9. The van der Waals surface area contributed by atoms with Crippen molar-refractivity contribution in [2.24, 2.45) is 5.10 Å². The molecule has 1 amide bonds. The smallest absolute Gasteiger partial charge is 0.259 e. The summed E-state index contributed by atoms with van der Waals surface area (Å²) in [5, 5.41) is 6.99. The SMILES string of the molecule is COc1cccc(NCC(=O)NN=CC2=Cc3ccccc3OC2)c1. The number of benzene rings is 2. The molecule has 0 saturated heterocycles. The van der Waals surface area contributed by atoms with Crippen molar-refractivity contribution in [3.05, 3.63) is 59.7 Å². The first-order chi connectivity index (χ1) is 12.2. The predicted octanol–water partition coefficient (Wildman–Crippen LogP) is 2.69. The van der Waals surface area contributed by atoms with E-state index in [4.69, 9.17) is 9.47 Å². The third-order valence-electron chi connectivity index (χ3n) is 3.60. The first-order valence-corrected chi connectivity index (χ1v) is 7.87. The second-order valence-corrected chi connectivity index (χ2v) is 5.42. The number of hydrogen-bond donors (Lipinski definition) is 2. The van der Waals surface area contributed by atoms with Gasteiger partial charge in [0.15, 0.2) is 0 Å². The average Bonchev–Trinajstić information content (AvgIpc) is 2.66. The Balaban J connectivity index is 1.49. The molecule has 25 heavy (non-hydrogen) atoms. The number of para-hydroxylation sites is 1. The highest BCUT2D eigenvalue weighted by Gasteiger charge is 2.09. The van der Waals surface area contributed by atoms with Gasteiger partial charge >= 0.3 is 0 Å². The van der Waals surface area contributed by atoms with Crippen LogP contribution in [0.3, 0.4) is 0 Å². The van der Waals surface area contributed by atoms with Gasteiger partial charge in [-0.2, -0.15) is 5.10 Å². The summed E-state index contributed by atoms with van der Waals surface area (Å²) in [5.74, 6) is 1.34. The number of rotatable bonds is 6. The van der Waals surface area contributed by atoms with Gasteiger partial charge in [-0.3, -0.25) is 4.79 Å².